The summed E-state index contributed by atoms with van der Waals surface area (Å²) in [5, 5.41) is -0.937. The van der Waals surface area contributed by atoms with E-state index in [1.807, 2.05) is 0 Å². The van der Waals surface area contributed by atoms with Crippen LogP contribution in [0.25, 0.3) is 0 Å². The van der Waals surface area contributed by atoms with E-state index in [1.165, 1.54) is 42.7 Å². The lowest BCUT2D eigenvalue weighted by Crippen LogP contribution is -2.45. The van der Waals surface area contributed by atoms with Crippen molar-refractivity contribution < 1.29 is 22.4 Å². The van der Waals surface area contributed by atoms with Crippen molar-refractivity contribution >= 4 is 21.7 Å². The summed E-state index contributed by atoms with van der Waals surface area (Å²) in [7, 11) is -3.98. The van der Waals surface area contributed by atoms with E-state index < -0.39 is 38.6 Å². The van der Waals surface area contributed by atoms with Gasteiger partial charge in [-0.1, -0.05) is 18.2 Å². The number of hydrazine groups is 1. The molecule has 1 N–H and O–H groups in total. The van der Waals surface area contributed by atoms with Crippen LogP contribution in [0.15, 0.2) is 48.8 Å². The van der Waals surface area contributed by atoms with Crippen molar-refractivity contribution in [3.63, 3.8) is 0 Å². The van der Waals surface area contributed by atoms with E-state index in [1.54, 1.807) is 0 Å². The minimum absolute atomic E-state index is 0.189. The third-order valence-electron chi connectivity index (χ3n) is 3.50. The molecule has 3 rings (SSSR count). The van der Waals surface area contributed by atoms with Crippen LogP contribution >= 0.6 is 0 Å². The van der Waals surface area contributed by atoms with Gasteiger partial charge in [0.15, 0.2) is 15.2 Å². The van der Waals surface area contributed by atoms with Crippen LogP contribution in [0.5, 0.6) is 0 Å². The molecule has 1 aromatic carbocycles. The average Bonchev–Trinajstić information content (AvgIpc) is 2.77. The summed E-state index contributed by atoms with van der Waals surface area (Å²) < 4.78 is 38.5. The summed E-state index contributed by atoms with van der Waals surface area (Å²) in [5.74, 6) is -3.10. The van der Waals surface area contributed by atoms with Gasteiger partial charge in [0.1, 0.15) is 11.6 Å². The van der Waals surface area contributed by atoms with Gasteiger partial charge in [-0.3, -0.25) is 20.0 Å². The summed E-state index contributed by atoms with van der Waals surface area (Å²) in [5.41, 5.74) is 2.24. The van der Waals surface area contributed by atoms with E-state index in [-0.39, 0.29) is 11.1 Å². The second-order valence-corrected chi connectivity index (χ2v) is 7.18. The molecule has 0 radical (unpaired) electrons. The second-order valence-electron chi connectivity index (χ2n) is 5.12. The smallest absolute Gasteiger partial charge is 0.270 e. The summed E-state index contributed by atoms with van der Waals surface area (Å²) in [6.07, 6.45) is 2.76. The van der Waals surface area contributed by atoms with Gasteiger partial charge in [-0.05, 0) is 18.2 Å². The molecule has 0 unspecified atom stereocenters. The fraction of sp³-hybridized carbons (Fsp3) is 0.133. The highest BCUT2D eigenvalue weighted by atomic mass is 32.2. The largest absolute Gasteiger partial charge is 0.272 e. The monoisotopic (exact) mass is 349 g/mol. The first kappa shape index (κ1) is 16.1. The maximum Gasteiger partial charge on any atom is 0.270 e. The molecule has 0 saturated carbocycles. The van der Waals surface area contributed by atoms with Crippen LogP contribution in [0.1, 0.15) is 21.3 Å². The number of nitrogens with zero attached hydrogens (tertiary/aromatic N) is 2. The van der Waals surface area contributed by atoms with Crippen molar-refractivity contribution in [2.75, 3.05) is 5.75 Å². The summed E-state index contributed by atoms with van der Waals surface area (Å²) >= 11 is 0. The Bertz CT molecular complexity index is 902. The quantitative estimate of drug-likeness (QED) is 0.885. The molecule has 7 nitrogen and oxygen atoms in total. The number of benzene rings is 1. The molecule has 1 aliphatic heterocycles. The number of rotatable bonds is 3. The molecule has 0 bridgehead atoms. The Labute approximate surface area is 137 Å². The topological polar surface area (TPSA) is 96.4 Å². The van der Waals surface area contributed by atoms with Crippen molar-refractivity contribution in [3.05, 3.63) is 65.7 Å². The Kier molecular flexibility index (Phi) is 4.02. The molecule has 1 aliphatic rings. The van der Waals surface area contributed by atoms with E-state index in [9.17, 15) is 22.4 Å². The van der Waals surface area contributed by atoms with Crippen LogP contribution in [-0.4, -0.2) is 36.0 Å². The van der Waals surface area contributed by atoms with Crippen LogP contribution < -0.4 is 5.43 Å². The molecule has 0 spiro atoms. The normalized spacial score (nSPS) is 19.3. The van der Waals surface area contributed by atoms with Gasteiger partial charge in [0.25, 0.3) is 11.8 Å². The highest BCUT2D eigenvalue weighted by molar-refractivity contribution is 7.92. The zero-order valence-electron chi connectivity index (χ0n) is 12.2. The fourth-order valence-electron chi connectivity index (χ4n) is 2.42. The Balaban J connectivity index is 1.97. The molecular formula is C15H12FN3O4S. The van der Waals surface area contributed by atoms with Crippen molar-refractivity contribution in [1.29, 1.82) is 0 Å². The van der Waals surface area contributed by atoms with Gasteiger partial charge in [0.2, 0.25) is 0 Å². The molecular weight excluding hydrogens is 337 g/mol. The molecule has 0 aliphatic carbocycles. The Morgan fingerprint density at radius 1 is 1.21 bits per heavy atom. The first-order valence-electron chi connectivity index (χ1n) is 6.89. The molecule has 124 valence electrons. The number of sulfone groups is 1. The van der Waals surface area contributed by atoms with Crippen molar-refractivity contribution in [2.45, 2.75) is 5.37 Å². The molecule has 24 heavy (non-hydrogen) atoms. The number of nitrogens with one attached hydrogen (secondary N) is 1. The lowest BCUT2D eigenvalue weighted by Gasteiger charge is -2.24. The molecule has 9 heteroatoms. The van der Waals surface area contributed by atoms with E-state index in [0.717, 1.165) is 6.07 Å². The predicted octanol–water partition coefficient (Wildman–Crippen LogP) is 0.821. The highest BCUT2D eigenvalue weighted by Gasteiger charge is 2.47. The maximum atomic E-state index is 14.0. The molecule has 2 aromatic rings. The van der Waals surface area contributed by atoms with Gasteiger partial charge < -0.3 is 0 Å². The minimum Gasteiger partial charge on any atom is -0.272 e. The Morgan fingerprint density at radius 2 is 1.88 bits per heavy atom. The summed E-state index contributed by atoms with van der Waals surface area (Å²) in [6.45, 7) is 0. The Hall–Kier alpha value is -2.81. The molecule has 2 amide bonds. The van der Waals surface area contributed by atoms with Crippen LogP contribution in [0, 0.1) is 5.82 Å². The van der Waals surface area contributed by atoms with E-state index in [4.69, 9.17) is 0 Å². The number of aromatic nitrogens is 1. The molecule has 1 fully saturated rings. The Morgan fingerprint density at radius 3 is 2.54 bits per heavy atom. The van der Waals surface area contributed by atoms with Crippen molar-refractivity contribution in [3.8, 4) is 0 Å². The van der Waals surface area contributed by atoms with Gasteiger partial charge in [0, 0.05) is 23.5 Å². The number of carbonyl (C=O) groups excluding carboxylic acids is 2. The third-order valence-corrected chi connectivity index (χ3v) is 5.30. The van der Waals surface area contributed by atoms with Gasteiger partial charge >= 0.3 is 0 Å². The predicted molar refractivity (Wildman–Crippen MR) is 81.5 cm³/mol. The number of carbonyl (C=O) groups is 2. The van der Waals surface area contributed by atoms with Gasteiger partial charge in [-0.2, -0.15) is 0 Å². The number of pyridine rings is 1. The fourth-order valence-corrected chi connectivity index (χ4v) is 4.13. The summed E-state index contributed by atoms with van der Waals surface area (Å²) in [6, 6.07) is 8.03. The SMILES string of the molecule is O=C(NN1C(=O)CS(=O)(=O)[C@H]1c1ccccc1F)c1ccncc1. The van der Waals surface area contributed by atoms with E-state index in [2.05, 4.69) is 10.4 Å². The van der Waals surface area contributed by atoms with Crippen molar-refractivity contribution in [1.82, 2.24) is 15.4 Å². The summed E-state index contributed by atoms with van der Waals surface area (Å²) in [4.78, 5) is 28.0. The van der Waals surface area contributed by atoms with Crippen LogP contribution in [-0.2, 0) is 14.6 Å². The number of halogens is 1. The van der Waals surface area contributed by atoms with E-state index >= 15 is 0 Å². The molecule has 2 heterocycles. The van der Waals surface area contributed by atoms with Gasteiger partial charge in [-0.15, -0.1) is 0 Å². The lowest BCUT2D eigenvalue weighted by atomic mass is 10.2. The first-order chi connectivity index (χ1) is 11.4. The standard InChI is InChI=1S/C15H12FN3O4S/c16-12-4-2-1-3-11(12)15-19(13(20)9-24(15,22)23)18-14(21)10-5-7-17-8-6-10/h1-8,15H,9H2,(H,18,21)/t15-/m0/s1. The van der Waals surface area contributed by atoms with Crippen LogP contribution in [0.3, 0.4) is 0 Å². The van der Waals surface area contributed by atoms with E-state index in [0.29, 0.717) is 5.01 Å². The number of hydrogen-bond acceptors (Lipinski definition) is 5. The zero-order valence-corrected chi connectivity index (χ0v) is 13.0. The first-order valence-corrected chi connectivity index (χ1v) is 8.61. The second kappa shape index (κ2) is 6.00. The minimum atomic E-state index is -3.98. The third kappa shape index (κ3) is 2.85. The molecule has 1 aromatic heterocycles. The molecule has 1 saturated heterocycles. The maximum absolute atomic E-state index is 14.0. The lowest BCUT2D eigenvalue weighted by molar-refractivity contribution is -0.130. The van der Waals surface area contributed by atoms with Crippen LogP contribution in [0.2, 0.25) is 0 Å². The number of hydrogen-bond donors (Lipinski definition) is 1. The zero-order chi connectivity index (χ0) is 17.3. The highest BCUT2D eigenvalue weighted by Crippen LogP contribution is 2.33. The average molecular weight is 349 g/mol. The van der Waals surface area contributed by atoms with Gasteiger partial charge in [0.05, 0.1) is 0 Å². The molecule has 1 atom stereocenters. The number of amides is 2. The van der Waals surface area contributed by atoms with Crippen molar-refractivity contribution in [2.24, 2.45) is 0 Å². The van der Waals surface area contributed by atoms with Gasteiger partial charge in [-0.25, -0.2) is 17.8 Å². The van der Waals surface area contributed by atoms with Crippen LogP contribution in [0.4, 0.5) is 4.39 Å².